The number of ether oxygens (including phenoxy) is 1. The fraction of sp³-hybridized carbons (Fsp3) is 0.133. The largest absolute Gasteiger partial charge is 0.484 e. The maximum absolute atomic E-state index is 12.8. The van der Waals surface area contributed by atoms with Gasteiger partial charge in [0.25, 0.3) is 5.91 Å². The highest BCUT2D eigenvalue weighted by Crippen LogP contribution is 2.34. The van der Waals surface area contributed by atoms with Crippen LogP contribution >= 0.6 is 0 Å². The minimum atomic E-state index is -4.57. The van der Waals surface area contributed by atoms with Crippen LogP contribution in [0.25, 0.3) is 0 Å². The van der Waals surface area contributed by atoms with Gasteiger partial charge >= 0.3 is 6.18 Å². The van der Waals surface area contributed by atoms with E-state index in [1.54, 1.807) is 0 Å². The number of hydrogen-bond acceptors (Lipinski definition) is 2. The number of benzene rings is 2. The van der Waals surface area contributed by atoms with Crippen LogP contribution in [0.5, 0.6) is 5.75 Å². The molecule has 0 heterocycles. The average Bonchev–Trinajstić information content (AvgIpc) is 2.46. The molecule has 0 aliphatic carbocycles. The van der Waals surface area contributed by atoms with E-state index in [1.807, 2.05) is 0 Å². The Kier molecular flexibility index (Phi) is 4.65. The third kappa shape index (κ3) is 4.21. The summed E-state index contributed by atoms with van der Waals surface area (Å²) >= 11 is 0. The van der Waals surface area contributed by atoms with Crippen LogP contribution in [0.3, 0.4) is 0 Å². The van der Waals surface area contributed by atoms with Crippen LogP contribution in [0.15, 0.2) is 48.5 Å². The van der Waals surface area contributed by atoms with Gasteiger partial charge in [0, 0.05) is 0 Å². The molecule has 0 atom stereocenters. The van der Waals surface area contributed by atoms with Crippen molar-refractivity contribution in [1.29, 1.82) is 0 Å². The van der Waals surface area contributed by atoms with E-state index in [0.29, 0.717) is 0 Å². The Morgan fingerprint density at radius 1 is 1.05 bits per heavy atom. The molecule has 1 N–H and O–H groups in total. The summed E-state index contributed by atoms with van der Waals surface area (Å²) in [7, 11) is 0. The molecule has 2 aromatic carbocycles. The van der Waals surface area contributed by atoms with Gasteiger partial charge < -0.3 is 10.1 Å². The van der Waals surface area contributed by atoms with E-state index < -0.39 is 30.1 Å². The van der Waals surface area contributed by atoms with Gasteiger partial charge in [0.1, 0.15) is 11.6 Å². The molecular weight excluding hydrogens is 302 g/mol. The lowest BCUT2D eigenvalue weighted by Gasteiger charge is -2.13. The second-order valence-corrected chi connectivity index (χ2v) is 4.33. The standard InChI is InChI=1S/C15H11F4NO2/c16-10-5-7-11(8-6-10)22-9-14(21)20-13-4-2-1-3-12(13)15(17,18)19/h1-8H,9H2,(H,20,21). The number of rotatable bonds is 4. The predicted molar refractivity (Wildman–Crippen MR) is 72.0 cm³/mol. The third-order valence-corrected chi connectivity index (χ3v) is 2.69. The minimum Gasteiger partial charge on any atom is -0.484 e. The molecule has 0 aliphatic heterocycles. The fourth-order valence-corrected chi connectivity index (χ4v) is 1.71. The molecule has 2 rings (SSSR count). The quantitative estimate of drug-likeness (QED) is 0.870. The van der Waals surface area contributed by atoms with Crippen molar-refractivity contribution in [2.45, 2.75) is 6.18 Å². The summed E-state index contributed by atoms with van der Waals surface area (Å²) in [6, 6.07) is 9.55. The van der Waals surface area contributed by atoms with Crippen molar-refractivity contribution in [3.05, 3.63) is 59.9 Å². The summed E-state index contributed by atoms with van der Waals surface area (Å²) in [6.45, 7) is -0.488. The van der Waals surface area contributed by atoms with E-state index in [0.717, 1.165) is 24.3 Å². The van der Waals surface area contributed by atoms with E-state index in [1.165, 1.54) is 24.3 Å². The van der Waals surface area contributed by atoms with Gasteiger partial charge in [-0.1, -0.05) is 12.1 Å². The van der Waals surface area contributed by atoms with Gasteiger partial charge in [-0.05, 0) is 36.4 Å². The minimum absolute atomic E-state index is 0.237. The number of halogens is 4. The number of carbonyl (C=O) groups is 1. The normalized spacial score (nSPS) is 11.1. The van der Waals surface area contributed by atoms with Crippen molar-refractivity contribution < 1.29 is 27.1 Å². The van der Waals surface area contributed by atoms with Crippen molar-refractivity contribution in [3.8, 4) is 5.75 Å². The molecule has 1 amide bonds. The molecular formula is C15H11F4NO2. The molecule has 0 saturated heterocycles. The second-order valence-electron chi connectivity index (χ2n) is 4.33. The van der Waals surface area contributed by atoms with E-state index in [4.69, 9.17) is 4.74 Å². The summed E-state index contributed by atoms with van der Waals surface area (Å²) in [6.07, 6.45) is -4.57. The number of hydrogen-bond donors (Lipinski definition) is 1. The zero-order valence-corrected chi connectivity index (χ0v) is 11.2. The summed E-state index contributed by atoms with van der Waals surface area (Å²) in [5, 5.41) is 2.14. The summed E-state index contributed by atoms with van der Waals surface area (Å²) in [5.74, 6) is -0.974. The zero-order valence-electron chi connectivity index (χ0n) is 11.2. The Morgan fingerprint density at radius 3 is 2.32 bits per heavy atom. The van der Waals surface area contributed by atoms with Crippen molar-refractivity contribution in [2.75, 3.05) is 11.9 Å². The highest BCUT2D eigenvalue weighted by atomic mass is 19.4. The van der Waals surface area contributed by atoms with Crippen molar-refractivity contribution in [3.63, 3.8) is 0 Å². The molecule has 0 spiro atoms. The number of nitrogens with one attached hydrogen (secondary N) is 1. The third-order valence-electron chi connectivity index (χ3n) is 2.69. The molecule has 0 bridgehead atoms. The highest BCUT2D eigenvalue weighted by molar-refractivity contribution is 5.92. The Labute approximate surface area is 123 Å². The van der Waals surface area contributed by atoms with Crippen LogP contribution in [0, 0.1) is 5.82 Å². The molecule has 0 unspecified atom stereocenters. The monoisotopic (exact) mass is 313 g/mol. The van der Waals surface area contributed by atoms with Gasteiger partial charge in [-0.3, -0.25) is 4.79 Å². The van der Waals surface area contributed by atoms with E-state index in [-0.39, 0.29) is 11.4 Å². The number of para-hydroxylation sites is 1. The van der Waals surface area contributed by atoms with Crippen molar-refractivity contribution in [1.82, 2.24) is 0 Å². The van der Waals surface area contributed by atoms with Crippen LogP contribution in [-0.4, -0.2) is 12.5 Å². The Hall–Kier alpha value is -2.57. The van der Waals surface area contributed by atoms with E-state index in [9.17, 15) is 22.4 Å². The van der Waals surface area contributed by atoms with Crippen molar-refractivity contribution in [2.24, 2.45) is 0 Å². The van der Waals surface area contributed by atoms with Crippen LogP contribution in [-0.2, 0) is 11.0 Å². The zero-order chi connectivity index (χ0) is 16.2. The lowest BCUT2D eigenvalue weighted by molar-refractivity contribution is -0.137. The first kappa shape index (κ1) is 15.8. The van der Waals surface area contributed by atoms with Gasteiger partial charge in [0.05, 0.1) is 11.3 Å². The predicted octanol–water partition coefficient (Wildman–Crippen LogP) is 3.86. The fourth-order valence-electron chi connectivity index (χ4n) is 1.71. The lowest BCUT2D eigenvalue weighted by Crippen LogP contribution is -2.22. The average molecular weight is 313 g/mol. The number of alkyl halides is 3. The Bertz CT molecular complexity index is 653. The molecule has 0 aliphatic rings. The van der Waals surface area contributed by atoms with Crippen LogP contribution < -0.4 is 10.1 Å². The first-order valence-corrected chi connectivity index (χ1v) is 6.21. The molecule has 0 saturated carbocycles. The van der Waals surface area contributed by atoms with Crippen molar-refractivity contribution >= 4 is 11.6 Å². The summed E-state index contributed by atoms with van der Waals surface area (Å²) in [5.41, 5.74) is -1.28. The smallest absolute Gasteiger partial charge is 0.418 e. The molecule has 3 nitrogen and oxygen atoms in total. The number of carbonyl (C=O) groups excluding carboxylic acids is 1. The van der Waals surface area contributed by atoms with Crippen LogP contribution in [0.2, 0.25) is 0 Å². The lowest BCUT2D eigenvalue weighted by atomic mass is 10.1. The van der Waals surface area contributed by atoms with Crippen LogP contribution in [0.1, 0.15) is 5.56 Å². The van der Waals surface area contributed by atoms with E-state index in [2.05, 4.69) is 5.32 Å². The Morgan fingerprint density at radius 2 is 1.68 bits per heavy atom. The SMILES string of the molecule is O=C(COc1ccc(F)cc1)Nc1ccccc1C(F)(F)F. The molecule has 0 fully saturated rings. The molecule has 2 aromatic rings. The topological polar surface area (TPSA) is 38.3 Å². The van der Waals surface area contributed by atoms with Gasteiger partial charge in [-0.15, -0.1) is 0 Å². The van der Waals surface area contributed by atoms with Crippen LogP contribution in [0.4, 0.5) is 23.2 Å². The highest BCUT2D eigenvalue weighted by Gasteiger charge is 2.33. The van der Waals surface area contributed by atoms with Gasteiger partial charge in [-0.25, -0.2) is 4.39 Å². The first-order valence-electron chi connectivity index (χ1n) is 6.21. The first-order chi connectivity index (χ1) is 10.4. The summed E-state index contributed by atoms with van der Waals surface area (Å²) < 4.78 is 56.1. The molecule has 0 aromatic heterocycles. The molecule has 0 radical (unpaired) electrons. The number of anilines is 1. The van der Waals surface area contributed by atoms with Gasteiger partial charge in [-0.2, -0.15) is 13.2 Å². The molecule has 116 valence electrons. The maximum Gasteiger partial charge on any atom is 0.418 e. The van der Waals surface area contributed by atoms with Gasteiger partial charge in [0.15, 0.2) is 6.61 Å². The summed E-state index contributed by atoms with van der Waals surface area (Å²) in [4.78, 5) is 11.7. The maximum atomic E-state index is 12.8. The molecule has 22 heavy (non-hydrogen) atoms. The molecule has 7 heteroatoms. The van der Waals surface area contributed by atoms with Gasteiger partial charge in [0.2, 0.25) is 0 Å². The van der Waals surface area contributed by atoms with E-state index >= 15 is 0 Å². The Balaban J connectivity index is 1.99. The second kappa shape index (κ2) is 6.46. The number of amides is 1.